The van der Waals surface area contributed by atoms with Crippen LogP contribution in [0.25, 0.3) is 10.8 Å². The monoisotopic (exact) mass is 434 g/mol. The van der Waals surface area contributed by atoms with Crippen molar-refractivity contribution in [3.63, 3.8) is 0 Å². The summed E-state index contributed by atoms with van der Waals surface area (Å²) < 4.78 is 28.9. The number of hydrogen-bond acceptors (Lipinski definition) is 6. The molecule has 0 bridgehead atoms. The van der Waals surface area contributed by atoms with E-state index < -0.39 is 10.9 Å². The summed E-state index contributed by atoms with van der Waals surface area (Å²) in [7, 11) is -4.07. The van der Waals surface area contributed by atoms with Crippen LogP contribution in [-0.4, -0.2) is 18.8 Å². The van der Waals surface area contributed by atoms with Gasteiger partial charge >= 0.3 is 0 Å². The maximum atomic E-state index is 10.4. The van der Waals surface area contributed by atoms with Gasteiger partial charge in [-0.05, 0) is 23.6 Å². The van der Waals surface area contributed by atoms with Crippen molar-refractivity contribution in [2.24, 2.45) is 10.2 Å². The second kappa shape index (κ2) is 14.5. The van der Waals surface area contributed by atoms with Gasteiger partial charge in [-0.25, -0.2) is 0 Å². The number of benzene rings is 3. The smallest absolute Gasteiger partial charge is 0.152 e. The summed E-state index contributed by atoms with van der Waals surface area (Å²) in [5, 5.41) is 19.3. The Bertz CT molecular complexity index is 895. The number of fused-ring (bicyclic) bond motifs is 1. The Morgan fingerprint density at radius 2 is 1.27 bits per heavy atom. The Kier molecular flexibility index (Phi) is 13.3. The number of phenolic OH excluding ortho intramolecular Hbond substituents is 1. The van der Waals surface area contributed by atoms with E-state index in [1.165, 1.54) is 12.5 Å². The van der Waals surface area contributed by atoms with Crippen molar-refractivity contribution >= 4 is 33.0 Å². The number of hydrogen-bond donors (Lipinski definition) is 4. The number of phenols is 1. The standard InChI is InChI=1S/C16H14N2O4S.C3H8.2C2H6/c19-16-13-9-5-4-6-11(13)10-14(23(20,21)22)15(16)18-17-12-7-2-1-3-8-12;1-3-2;2*1-2/h1-10,19-22H;3H2,1-2H3;2*1-2H3. The lowest BCUT2D eigenvalue weighted by atomic mass is 10.1. The Hall–Kier alpha value is -2.45. The van der Waals surface area contributed by atoms with Gasteiger partial charge in [0.2, 0.25) is 0 Å². The molecule has 30 heavy (non-hydrogen) atoms. The van der Waals surface area contributed by atoms with E-state index in [1.807, 2.05) is 33.8 Å². The lowest BCUT2D eigenvalue weighted by molar-refractivity contribution is 0.375. The van der Waals surface area contributed by atoms with E-state index in [1.54, 1.807) is 48.5 Å². The number of aromatic hydroxyl groups is 1. The van der Waals surface area contributed by atoms with Gasteiger partial charge in [0.05, 0.1) is 10.6 Å². The van der Waals surface area contributed by atoms with Gasteiger partial charge in [0.15, 0.2) is 5.75 Å². The number of rotatable bonds is 3. The van der Waals surface area contributed by atoms with E-state index in [9.17, 15) is 18.8 Å². The molecular weight excluding hydrogens is 400 g/mol. The molecule has 0 atom stereocenters. The van der Waals surface area contributed by atoms with Crippen molar-refractivity contribution in [1.29, 1.82) is 0 Å². The molecule has 3 aromatic carbocycles. The first-order valence-corrected chi connectivity index (χ1v) is 11.6. The molecule has 0 spiro atoms. The largest absolute Gasteiger partial charge is 0.505 e. The molecule has 0 aliphatic carbocycles. The Morgan fingerprint density at radius 3 is 1.80 bits per heavy atom. The lowest BCUT2D eigenvalue weighted by Gasteiger charge is -2.22. The van der Waals surface area contributed by atoms with Crippen LogP contribution in [0.5, 0.6) is 5.75 Å². The molecular formula is C23H34N2O4S. The highest BCUT2D eigenvalue weighted by molar-refractivity contribution is 8.19. The van der Waals surface area contributed by atoms with E-state index in [0.717, 1.165) is 0 Å². The second-order valence-electron chi connectivity index (χ2n) is 5.55. The van der Waals surface area contributed by atoms with Gasteiger partial charge < -0.3 is 18.8 Å². The Labute approximate surface area is 181 Å². The highest BCUT2D eigenvalue weighted by Gasteiger charge is 2.25. The molecule has 0 aliphatic heterocycles. The van der Waals surface area contributed by atoms with Crippen molar-refractivity contribution < 1.29 is 18.8 Å². The first-order chi connectivity index (χ1) is 14.4. The van der Waals surface area contributed by atoms with Crippen LogP contribution in [0.4, 0.5) is 11.4 Å². The zero-order valence-electron chi connectivity index (χ0n) is 18.6. The van der Waals surface area contributed by atoms with Gasteiger partial charge in [-0.2, -0.15) is 5.11 Å². The fourth-order valence-electron chi connectivity index (χ4n) is 2.20. The molecule has 0 radical (unpaired) electrons. The first-order valence-electron chi connectivity index (χ1n) is 10.1. The third-order valence-electron chi connectivity index (χ3n) is 3.28. The van der Waals surface area contributed by atoms with Crippen molar-refractivity contribution in [2.75, 3.05) is 0 Å². The highest BCUT2D eigenvalue weighted by atomic mass is 32.3. The summed E-state index contributed by atoms with van der Waals surface area (Å²) in [6.45, 7) is 12.2. The van der Waals surface area contributed by atoms with Gasteiger partial charge in [0, 0.05) is 5.39 Å². The molecule has 6 nitrogen and oxygen atoms in total. The van der Waals surface area contributed by atoms with Crippen LogP contribution >= 0.6 is 10.9 Å². The number of nitrogens with zero attached hydrogens (tertiary/aromatic N) is 2. The van der Waals surface area contributed by atoms with E-state index >= 15 is 0 Å². The van der Waals surface area contributed by atoms with Crippen LogP contribution in [0.2, 0.25) is 0 Å². The van der Waals surface area contributed by atoms with Crippen molar-refractivity contribution in [2.45, 2.75) is 52.9 Å². The quantitative estimate of drug-likeness (QED) is 0.308. The van der Waals surface area contributed by atoms with Crippen molar-refractivity contribution in [1.82, 2.24) is 0 Å². The van der Waals surface area contributed by atoms with Gasteiger partial charge in [-0.15, -0.1) is 5.11 Å². The minimum absolute atomic E-state index is 0.171. The molecule has 0 saturated heterocycles. The van der Waals surface area contributed by atoms with Gasteiger partial charge in [-0.3, -0.25) is 0 Å². The topological polar surface area (TPSA) is 106 Å². The van der Waals surface area contributed by atoms with Crippen LogP contribution in [-0.2, 0) is 0 Å². The molecule has 0 unspecified atom stereocenters. The van der Waals surface area contributed by atoms with Crippen molar-refractivity contribution in [3.8, 4) is 5.75 Å². The predicted molar refractivity (Wildman–Crippen MR) is 129 cm³/mol. The number of azo groups is 1. The summed E-state index contributed by atoms with van der Waals surface area (Å²) >= 11 is 0. The van der Waals surface area contributed by atoms with Gasteiger partial charge in [0.25, 0.3) is 0 Å². The van der Waals surface area contributed by atoms with E-state index in [-0.39, 0.29) is 16.3 Å². The second-order valence-corrected chi connectivity index (χ2v) is 7.03. The lowest BCUT2D eigenvalue weighted by Crippen LogP contribution is -1.96. The molecule has 0 aliphatic rings. The van der Waals surface area contributed by atoms with Crippen molar-refractivity contribution in [3.05, 3.63) is 60.7 Å². The zero-order chi connectivity index (χ0) is 23.2. The van der Waals surface area contributed by atoms with E-state index in [0.29, 0.717) is 16.5 Å². The molecule has 0 heterocycles. The highest BCUT2D eigenvalue weighted by Crippen LogP contribution is 2.54. The molecule has 0 fully saturated rings. The predicted octanol–water partition coefficient (Wildman–Crippen LogP) is 9.01. The maximum absolute atomic E-state index is 10.4. The van der Waals surface area contributed by atoms with Gasteiger partial charge in [0.1, 0.15) is 16.6 Å². The molecule has 3 aromatic rings. The molecule has 7 heteroatoms. The molecule has 3 rings (SSSR count). The SMILES string of the molecule is CC.CC.CCC.Oc1c(N=Nc2ccccc2)c(S(O)(O)O)cc2ccccc12. The van der Waals surface area contributed by atoms with Gasteiger partial charge in [-0.1, -0.05) is 90.4 Å². The fourth-order valence-corrected chi connectivity index (χ4v) is 2.88. The third-order valence-corrected chi connectivity index (χ3v) is 4.18. The third kappa shape index (κ3) is 8.12. The van der Waals surface area contributed by atoms with E-state index in [2.05, 4.69) is 24.1 Å². The molecule has 0 saturated carbocycles. The Balaban J connectivity index is 0.00000108. The zero-order valence-corrected chi connectivity index (χ0v) is 19.4. The summed E-state index contributed by atoms with van der Waals surface area (Å²) in [6, 6.07) is 17.0. The van der Waals surface area contributed by atoms with Crippen LogP contribution in [0.15, 0.2) is 75.8 Å². The summed E-state index contributed by atoms with van der Waals surface area (Å²) in [5.41, 5.74) is 0.357. The van der Waals surface area contributed by atoms with Crippen LogP contribution in [0.1, 0.15) is 48.0 Å². The van der Waals surface area contributed by atoms with Crippen LogP contribution in [0, 0.1) is 0 Å². The molecule has 0 aromatic heterocycles. The fraction of sp³-hybridized carbons (Fsp3) is 0.304. The minimum Gasteiger partial charge on any atom is -0.505 e. The molecule has 4 N–H and O–H groups in total. The Morgan fingerprint density at radius 1 is 0.767 bits per heavy atom. The van der Waals surface area contributed by atoms with Crippen LogP contribution < -0.4 is 0 Å². The minimum atomic E-state index is -4.07. The summed E-state index contributed by atoms with van der Waals surface area (Å²) in [4.78, 5) is -0.270. The van der Waals surface area contributed by atoms with E-state index in [4.69, 9.17) is 0 Å². The molecule has 0 amide bonds. The van der Waals surface area contributed by atoms with Crippen LogP contribution in [0.3, 0.4) is 0 Å². The normalized spacial score (nSPS) is 10.8. The first kappa shape index (κ1) is 27.5. The average Bonchev–Trinajstić information content (AvgIpc) is 2.76. The summed E-state index contributed by atoms with van der Waals surface area (Å²) in [5.74, 6) is -0.271. The summed E-state index contributed by atoms with van der Waals surface area (Å²) in [6.07, 6.45) is 1.25. The maximum Gasteiger partial charge on any atom is 0.152 e. The molecule has 166 valence electrons. The average molecular weight is 435 g/mol.